The molecule has 0 radical (unpaired) electrons. The molecule has 2 N–H and O–H groups in total. The van der Waals surface area contributed by atoms with Crippen LogP contribution in [-0.2, 0) is 33.8 Å². The van der Waals surface area contributed by atoms with Crippen molar-refractivity contribution in [3.05, 3.63) is 65.2 Å². The maximum absolute atomic E-state index is 13.1. The summed E-state index contributed by atoms with van der Waals surface area (Å²) in [6.45, 7) is 4.79. The normalized spacial score (nSPS) is 15.2. The second kappa shape index (κ2) is 10.1. The summed E-state index contributed by atoms with van der Waals surface area (Å²) >= 11 is 0. The van der Waals surface area contributed by atoms with Crippen LogP contribution in [0.2, 0.25) is 0 Å². The lowest BCUT2D eigenvalue weighted by molar-refractivity contribution is -0.142. The van der Waals surface area contributed by atoms with Crippen LogP contribution in [0, 0.1) is 5.92 Å². The summed E-state index contributed by atoms with van der Waals surface area (Å²) in [6, 6.07) is 14.6. The quantitative estimate of drug-likeness (QED) is 0.745. The largest absolute Gasteiger partial charge is 0.453 e. The van der Waals surface area contributed by atoms with Gasteiger partial charge in [0.2, 0.25) is 11.8 Å². The van der Waals surface area contributed by atoms with E-state index in [-0.39, 0.29) is 17.7 Å². The highest BCUT2D eigenvalue weighted by atomic mass is 16.5. The molecule has 0 aliphatic carbocycles. The number of ether oxygens (including phenoxy) is 1. The number of nitrogens with zero attached hydrogens (tertiary/aromatic N) is 1. The van der Waals surface area contributed by atoms with E-state index in [1.807, 2.05) is 50.2 Å². The minimum Gasteiger partial charge on any atom is -0.453 e. The van der Waals surface area contributed by atoms with Crippen LogP contribution in [-0.4, -0.2) is 36.0 Å². The van der Waals surface area contributed by atoms with E-state index in [0.29, 0.717) is 31.6 Å². The Bertz CT molecular complexity index is 940. The number of rotatable bonds is 6. The first-order valence-electron chi connectivity index (χ1n) is 10.4. The summed E-state index contributed by atoms with van der Waals surface area (Å²) in [7, 11) is 1.30. The lowest BCUT2D eigenvalue weighted by atomic mass is 9.92. The Labute approximate surface area is 182 Å². The molecule has 0 spiro atoms. The average Bonchev–Trinajstić information content (AvgIpc) is 2.76. The van der Waals surface area contributed by atoms with E-state index in [0.717, 1.165) is 16.7 Å². The molecule has 0 bridgehead atoms. The Morgan fingerprint density at radius 2 is 1.74 bits per heavy atom. The topological polar surface area (TPSA) is 87.7 Å². The number of benzene rings is 2. The van der Waals surface area contributed by atoms with Crippen LogP contribution in [0.3, 0.4) is 0 Å². The molecule has 1 aliphatic heterocycles. The molecule has 2 aromatic carbocycles. The highest BCUT2D eigenvalue weighted by molar-refractivity contribution is 5.88. The fourth-order valence-corrected chi connectivity index (χ4v) is 3.67. The minimum absolute atomic E-state index is 0.00268. The van der Waals surface area contributed by atoms with Gasteiger partial charge in [0.05, 0.1) is 7.11 Å². The summed E-state index contributed by atoms with van der Waals surface area (Å²) in [5.41, 5.74) is 3.70. The number of hydrogen-bond acceptors (Lipinski definition) is 4. The molecular formula is C24H29N3O4. The molecule has 1 heterocycles. The van der Waals surface area contributed by atoms with Crippen LogP contribution >= 0.6 is 0 Å². The van der Waals surface area contributed by atoms with E-state index in [4.69, 9.17) is 0 Å². The van der Waals surface area contributed by atoms with Gasteiger partial charge in [0.1, 0.15) is 6.04 Å². The third-order valence-electron chi connectivity index (χ3n) is 5.31. The van der Waals surface area contributed by atoms with Crippen molar-refractivity contribution in [3.8, 4) is 0 Å². The first kappa shape index (κ1) is 22.3. The summed E-state index contributed by atoms with van der Waals surface area (Å²) in [4.78, 5) is 38.9. The average molecular weight is 424 g/mol. The van der Waals surface area contributed by atoms with Gasteiger partial charge in [-0.3, -0.25) is 14.9 Å². The van der Waals surface area contributed by atoms with Gasteiger partial charge < -0.3 is 15.0 Å². The van der Waals surface area contributed by atoms with Crippen molar-refractivity contribution in [1.29, 1.82) is 0 Å². The minimum atomic E-state index is -0.537. The van der Waals surface area contributed by atoms with Crippen molar-refractivity contribution in [2.75, 3.05) is 12.4 Å². The highest BCUT2D eigenvalue weighted by Crippen LogP contribution is 2.25. The van der Waals surface area contributed by atoms with E-state index in [9.17, 15) is 14.4 Å². The van der Waals surface area contributed by atoms with Gasteiger partial charge in [-0.1, -0.05) is 50.2 Å². The fourth-order valence-electron chi connectivity index (χ4n) is 3.67. The van der Waals surface area contributed by atoms with E-state index in [2.05, 4.69) is 15.4 Å². The van der Waals surface area contributed by atoms with Crippen LogP contribution in [0.25, 0.3) is 0 Å². The molecule has 1 aliphatic rings. The van der Waals surface area contributed by atoms with Gasteiger partial charge >= 0.3 is 6.09 Å². The molecule has 3 amide bonds. The molecule has 0 aromatic heterocycles. The Balaban J connectivity index is 1.67. The second-order valence-electron chi connectivity index (χ2n) is 8.14. The van der Waals surface area contributed by atoms with Crippen LogP contribution in [0.1, 0.15) is 37.0 Å². The van der Waals surface area contributed by atoms with Crippen molar-refractivity contribution >= 4 is 23.6 Å². The van der Waals surface area contributed by atoms with Crippen LogP contribution in [0.4, 0.5) is 10.5 Å². The first-order chi connectivity index (χ1) is 14.9. The van der Waals surface area contributed by atoms with Crippen molar-refractivity contribution in [3.63, 3.8) is 0 Å². The van der Waals surface area contributed by atoms with Crippen molar-refractivity contribution in [1.82, 2.24) is 10.2 Å². The molecule has 1 atom stereocenters. The molecule has 3 rings (SSSR count). The summed E-state index contributed by atoms with van der Waals surface area (Å²) in [5, 5.41) is 5.55. The van der Waals surface area contributed by atoms with Gasteiger partial charge in [-0.25, -0.2) is 4.79 Å². The molecule has 7 heteroatoms. The summed E-state index contributed by atoms with van der Waals surface area (Å²) < 4.78 is 4.57. The Morgan fingerprint density at radius 3 is 2.39 bits per heavy atom. The van der Waals surface area contributed by atoms with Gasteiger partial charge in [-0.2, -0.15) is 0 Å². The van der Waals surface area contributed by atoms with Crippen molar-refractivity contribution in [2.45, 2.75) is 45.8 Å². The smallest absolute Gasteiger partial charge is 0.411 e. The van der Waals surface area contributed by atoms with Gasteiger partial charge in [0.15, 0.2) is 0 Å². The SMILES string of the molecule is COC(=O)Nc1ccc(CNC(=O)C2Cc3ccccc3CN2C(=O)CC(C)C)cc1. The zero-order valence-electron chi connectivity index (χ0n) is 18.2. The molecular weight excluding hydrogens is 394 g/mol. The van der Waals surface area contributed by atoms with E-state index < -0.39 is 12.1 Å². The predicted octanol–water partition coefficient (Wildman–Crippen LogP) is 3.48. The molecule has 2 aromatic rings. The monoisotopic (exact) mass is 423 g/mol. The lowest BCUT2D eigenvalue weighted by Gasteiger charge is -2.36. The lowest BCUT2D eigenvalue weighted by Crippen LogP contribution is -2.52. The van der Waals surface area contributed by atoms with Crippen molar-refractivity contribution < 1.29 is 19.1 Å². The first-order valence-corrected chi connectivity index (χ1v) is 10.4. The molecule has 0 saturated heterocycles. The zero-order valence-corrected chi connectivity index (χ0v) is 18.2. The van der Waals surface area contributed by atoms with E-state index in [1.165, 1.54) is 7.11 Å². The Kier molecular flexibility index (Phi) is 7.28. The molecule has 164 valence electrons. The number of methoxy groups -OCH3 is 1. The van der Waals surface area contributed by atoms with Crippen molar-refractivity contribution in [2.24, 2.45) is 5.92 Å². The number of carbonyl (C=O) groups excluding carboxylic acids is 3. The fraction of sp³-hybridized carbons (Fsp3) is 0.375. The summed E-state index contributed by atoms with van der Waals surface area (Å²) in [5.74, 6) is 0.0664. The van der Waals surface area contributed by atoms with Crippen LogP contribution in [0.5, 0.6) is 0 Å². The number of nitrogens with one attached hydrogen (secondary N) is 2. The van der Waals surface area contributed by atoms with Gasteiger partial charge in [-0.15, -0.1) is 0 Å². The maximum atomic E-state index is 13.1. The summed E-state index contributed by atoms with van der Waals surface area (Å²) in [6.07, 6.45) is 0.388. The molecule has 0 saturated carbocycles. The number of fused-ring (bicyclic) bond motifs is 1. The van der Waals surface area contributed by atoms with Gasteiger partial charge in [0.25, 0.3) is 0 Å². The second-order valence-corrected chi connectivity index (χ2v) is 8.14. The Morgan fingerprint density at radius 1 is 1.06 bits per heavy atom. The van der Waals surface area contributed by atoms with Crippen LogP contribution in [0.15, 0.2) is 48.5 Å². The molecule has 31 heavy (non-hydrogen) atoms. The number of anilines is 1. The molecule has 7 nitrogen and oxygen atoms in total. The molecule has 0 fully saturated rings. The Hall–Kier alpha value is -3.35. The zero-order chi connectivity index (χ0) is 22.4. The number of amides is 3. The standard InChI is InChI=1S/C24H29N3O4/c1-16(2)12-22(28)27-15-19-7-5-4-6-18(19)13-21(27)23(29)25-14-17-8-10-20(11-9-17)26-24(30)31-3/h4-11,16,21H,12-15H2,1-3H3,(H,25,29)(H,26,30). The highest BCUT2D eigenvalue weighted by Gasteiger charge is 2.34. The third-order valence-corrected chi connectivity index (χ3v) is 5.31. The van der Waals surface area contributed by atoms with E-state index >= 15 is 0 Å². The van der Waals surface area contributed by atoms with Gasteiger partial charge in [-0.05, 0) is 34.7 Å². The third kappa shape index (κ3) is 5.84. The number of carbonyl (C=O) groups is 3. The number of hydrogen-bond donors (Lipinski definition) is 2. The molecule has 1 unspecified atom stereocenters. The predicted molar refractivity (Wildman–Crippen MR) is 118 cm³/mol. The van der Waals surface area contributed by atoms with Gasteiger partial charge in [0, 0.05) is 31.6 Å². The van der Waals surface area contributed by atoms with E-state index in [1.54, 1.807) is 17.0 Å². The maximum Gasteiger partial charge on any atom is 0.411 e. The van der Waals surface area contributed by atoms with Crippen LogP contribution < -0.4 is 10.6 Å².